The van der Waals surface area contributed by atoms with Gasteiger partial charge in [0.15, 0.2) is 5.96 Å². The van der Waals surface area contributed by atoms with Crippen LogP contribution < -0.4 is 10.6 Å². The largest absolute Gasteiger partial charge is 0.390 e. The highest BCUT2D eigenvalue weighted by Crippen LogP contribution is 2.19. The Balaban J connectivity index is 0.00000420. The Bertz CT molecular complexity index is 632. The molecule has 1 aromatic carbocycles. The van der Waals surface area contributed by atoms with E-state index in [0.29, 0.717) is 19.0 Å². The molecule has 1 fully saturated rings. The van der Waals surface area contributed by atoms with Crippen molar-refractivity contribution in [3.05, 3.63) is 35.4 Å². The summed E-state index contributed by atoms with van der Waals surface area (Å²) in [7, 11) is 0. The fraction of sp³-hybridized carbons (Fsp3) is 0.650. The Morgan fingerprint density at radius 1 is 1.14 bits per heavy atom. The lowest BCUT2D eigenvalue weighted by Crippen LogP contribution is -2.44. The van der Waals surface area contributed by atoms with Gasteiger partial charge in [-0.1, -0.05) is 24.3 Å². The van der Waals surface area contributed by atoms with Crippen molar-refractivity contribution in [2.75, 3.05) is 26.2 Å². The molecule has 0 aliphatic carbocycles. The van der Waals surface area contributed by atoms with Crippen molar-refractivity contribution in [2.45, 2.75) is 58.7 Å². The highest BCUT2D eigenvalue weighted by Gasteiger charge is 2.26. The minimum Gasteiger partial charge on any atom is -0.373 e. The summed E-state index contributed by atoms with van der Waals surface area (Å²) in [5.74, 6) is 0.398. The Morgan fingerprint density at radius 2 is 1.76 bits per heavy atom. The fourth-order valence-corrected chi connectivity index (χ4v) is 3.35. The quantitative estimate of drug-likeness (QED) is 0.320. The second-order valence-electron chi connectivity index (χ2n) is 7.21. The van der Waals surface area contributed by atoms with Crippen molar-refractivity contribution >= 4 is 29.9 Å². The van der Waals surface area contributed by atoms with Crippen molar-refractivity contribution < 1.29 is 17.9 Å². The van der Waals surface area contributed by atoms with Gasteiger partial charge in [-0.3, -0.25) is 4.90 Å². The highest BCUT2D eigenvalue weighted by atomic mass is 127. The van der Waals surface area contributed by atoms with Crippen molar-refractivity contribution in [2.24, 2.45) is 4.99 Å². The van der Waals surface area contributed by atoms with Crippen LogP contribution in [0.25, 0.3) is 0 Å². The molecule has 1 aliphatic heterocycles. The lowest BCUT2D eigenvalue weighted by molar-refractivity contribution is -0.132. The van der Waals surface area contributed by atoms with Crippen molar-refractivity contribution in [3.8, 4) is 0 Å². The average Bonchev–Trinajstić information content (AvgIpc) is 2.59. The lowest BCUT2D eigenvalue weighted by Gasteiger charge is -2.35. The molecule has 0 aromatic heterocycles. The molecule has 0 amide bonds. The number of morpholine rings is 1. The summed E-state index contributed by atoms with van der Waals surface area (Å²) in [6.45, 7) is 9.41. The molecule has 2 unspecified atom stereocenters. The van der Waals surface area contributed by atoms with Crippen LogP contribution in [0.1, 0.15) is 38.3 Å². The molecular formula is C20H32F3IN4O. The van der Waals surface area contributed by atoms with Crippen molar-refractivity contribution in [3.63, 3.8) is 0 Å². The minimum atomic E-state index is -4.18. The van der Waals surface area contributed by atoms with Gasteiger partial charge in [-0.15, -0.1) is 24.0 Å². The third-order valence-electron chi connectivity index (χ3n) is 4.46. The first-order valence-corrected chi connectivity index (χ1v) is 9.80. The summed E-state index contributed by atoms with van der Waals surface area (Å²) in [5.41, 5.74) is 2.25. The van der Waals surface area contributed by atoms with E-state index >= 15 is 0 Å². The number of hydrogen-bond donors (Lipinski definition) is 2. The lowest BCUT2D eigenvalue weighted by atomic mass is 10.1. The summed E-state index contributed by atoms with van der Waals surface area (Å²) < 4.78 is 42.9. The van der Waals surface area contributed by atoms with Gasteiger partial charge in [0, 0.05) is 32.7 Å². The van der Waals surface area contributed by atoms with E-state index in [-0.39, 0.29) is 42.7 Å². The first-order valence-electron chi connectivity index (χ1n) is 9.80. The number of nitrogens with one attached hydrogen (secondary N) is 2. The van der Waals surface area contributed by atoms with Gasteiger partial charge in [0.2, 0.25) is 0 Å². The topological polar surface area (TPSA) is 48.9 Å². The number of alkyl halides is 3. The van der Waals surface area contributed by atoms with Crippen molar-refractivity contribution in [1.82, 2.24) is 15.5 Å². The van der Waals surface area contributed by atoms with Crippen LogP contribution in [-0.4, -0.2) is 55.4 Å². The number of ether oxygens (including phenoxy) is 1. The third-order valence-corrected chi connectivity index (χ3v) is 4.46. The molecule has 1 saturated heterocycles. The summed E-state index contributed by atoms with van der Waals surface area (Å²) in [6, 6.07) is 8.07. The van der Waals surface area contributed by atoms with E-state index in [1.54, 1.807) is 0 Å². The maximum atomic E-state index is 12.4. The first-order chi connectivity index (χ1) is 13.3. The summed E-state index contributed by atoms with van der Waals surface area (Å²) in [4.78, 5) is 6.84. The molecule has 0 saturated carbocycles. The number of aliphatic imine (C=N–C) groups is 1. The zero-order valence-corrected chi connectivity index (χ0v) is 19.6. The molecule has 29 heavy (non-hydrogen) atoms. The minimum absolute atomic E-state index is 0. The molecule has 2 N–H and O–H groups in total. The van der Waals surface area contributed by atoms with Gasteiger partial charge in [-0.05, 0) is 31.9 Å². The molecule has 2 rings (SSSR count). The third kappa shape index (κ3) is 9.99. The number of nitrogens with zero attached hydrogens (tertiary/aromatic N) is 2. The van der Waals surface area contributed by atoms with E-state index in [9.17, 15) is 13.2 Å². The molecule has 5 nitrogen and oxygen atoms in total. The van der Waals surface area contributed by atoms with Gasteiger partial charge in [0.05, 0.1) is 25.2 Å². The summed E-state index contributed by atoms with van der Waals surface area (Å²) >= 11 is 0. The Hall–Kier alpha value is -1.07. The molecule has 9 heteroatoms. The fourth-order valence-electron chi connectivity index (χ4n) is 3.35. The molecule has 1 heterocycles. The molecule has 2 atom stereocenters. The Kier molecular flexibility index (Phi) is 11.3. The maximum absolute atomic E-state index is 12.4. The number of benzene rings is 1. The second-order valence-corrected chi connectivity index (χ2v) is 7.21. The maximum Gasteiger partial charge on any atom is 0.390 e. The molecule has 166 valence electrons. The predicted molar refractivity (Wildman–Crippen MR) is 121 cm³/mol. The number of hydrogen-bond acceptors (Lipinski definition) is 3. The molecule has 1 aliphatic rings. The van der Waals surface area contributed by atoms with Crippen LogP contribution in [-0.2, 0) is 17.8 Å². The van der Waals surface area contributed by atoms with Crippen LogP contribution >= 0.6 is 24.0 Å². The molecular weight excluding hydrogens is 496 g/mol. The normalized spacial score (nSPS) is 20.8. The standard InChI is InChI=1S/C20H31F3N4O.HI/c1-4-24-19(25-10-9-20(21,22)23)26-11-17-7-5-6-8-18(17)14-27-12-15(2)28-16(3)13-27;/h5-8,15-16H,4,9-14H2,1-3H3,(H2,24,25,26);1H. The highest BCUT2D eigenvalue weighted by molar-refractivity contribution is 14.0. The van der Waals surface area contributed by atoms with E-state index in [1.807, 2.05) is 25.1 Å². The number of halogens is 4. The Labute approximate surface area is 188 Å². The summed E-state index contributed by atoms with van der Waals surface area (Å²) in [6.07, 6.45) is -4.66. The van der Waals surface area contributed by atoms with Gasteiger partial charge in [-0.2, -0.15) is 13.2 Å². The van der Waals surface area contributed by atoms with E-state index in [1.165, 1.54) is 5.56 Å². The zero-order chi connectivity index (χ0) is 20.6. The average molecular weight is 528 g/mol. The van der Waals surface area contributed by atoms with Crippen LogP contribution in [0.3, 0.4) is 0 Å². The van der Waals surface area contributed by atoms with Gasteiger partial charge in [0.25, 0.3) is 0 Å². The predicted octanol–water partition coefficient (Wildman–Crippen LogP) is 3.92. The number of guanidine groups is 1. The van der Waals surface area contributed by atoms with Gasteiger partial charge in [0.1, 0.15) is 0 Å². The molecule has 0 bridgehead atoms. The molecule has 0 spiro atoms. The zero-order valence-electron chi connectivity index (χ0n) is 17.3. The van der Waals surface area contributed by atoms with Crippen molar-refractivity contribution in [1.29, 1.82) is 0 Å². The van der Waals surface area contributed by atoms with Crippen LogP contribution in [0.4, 0.5) is 13.2 Å². The van der Waals surface area contributed by atoms with E-state index in [2.05, 4.69) is 40.4 Å². The second kappa shape index (κ2) is 12.6. The van der Waals surface area contributed by atoms with Crippen LogP contribution in [0.15, 0.2) is 29.3 Å². The van der Waals surface area contributed by atoms with Gasteiger partial charge >= 0.3 is 6.18 Å². The number of rotatable bonds is 7. The van der Waals surface area contributed by atoms with Gasteiger partial charge < -0.3 is 15.4 Å². The molecule has 1 aromatic rings. The monoisotopic (exact) mass is 528 g/mol. The van der Waals surface area contributed by atoms with E-state index in [0.717, 1.165) is 25.2 Å². The van der Waals surface area contributed by atoms with Crippen LogP contribution in [0.2, 0.25) is 0 Å². The SMILES string of the molecule is CCNC(=NCc1ccccc1CN1CC(C)OC(C)C1)NCCC(F)(F)F.I. The van der Waals surface area contributed by atoms with E-state index < -0.39 is 12.6 Å². The first kappa shape index (κ1) is 26.0. The van der Waals surface area contributed by atoms with Crippen LogP contribution in [0, 0.1) is 0 Å². The van der Waals surface area contributed by atoms with Gasteiger partial charge in [-0.25, -0.2) is 4.99 Å². The Morgan fingerprint density at radius 3 is 2.34 bits per heavy atom. The summed E-state index contributed by atoms with van der Waals surface area (Å²) in [5, 5.41) is 5.75. The molecule has 0 radical (unpaired) electrons. The van der Waals surface area contributed by atoms with Crippen LogP contribution in [0.5, 0.6) is 0 Å². The van der Waals surface area contributed by atoms with E-state index in [4.69, 9.17) is 4.74 Å². The smallest absolute Gasteiger partial charge is 0.373 e.